The summed E-state index contributed by atoms with van der Waals surface area (Å²) < 4.78 is 22.0. The number of aliphatic hydroxyl groups is 1. The molecule has 5 aromatic rings. The SMILES string of the molecule is Nc1cc(-c2cccc(-n3ccc4cc(C5CC5)cc(F)c4c3=O)c2CO)nc(Cc2ccc(CN3CCOCC3)cc2)n1. The number of nitrogens with zero attached hydrogens (tertiary/aromatic N) is 4. The third kappa shape index (κ3) is 5.74. The molecule has 0 unspecified atom stereocenters. The van der Waals surface area contributed by atoms with Gasteiger partial charge in [0.15, 0.2) is 0 Å². The number of pyridine rings is 1. The first-order chi connectivity index (χ1) is 21.5. The zero-order valence-electron chi connectivity index (χ0n) is 24.4. The van der Waals surface area contributed by atoms with Crippen LogP contribution in [-0.4, -0.2) is 50.8 Å². The van der Waals surface area contributed by atoms with Gasteiger partial charge in [-0.3, -0.25) is 14.3 Å². The van der Waals surface area contributed by atoms with Gasteiger partial charge in [0.1, 0.15) is 17.5 Å². The minimum atomic E-state index is -0.521. The van der Waals surface area contributed by atoms with Gasteiger partial charge in [-0.15, -0.1) is 0 Å². The Balaban J connectivity index is 1.19. The second-order valence-electron chi connectivity index (χ2n) is 11.7. The third-order valence-electron chi connectivity index (χ3n) is 8.56. The van der Waals surface area contributed by atoms with Crippen LogP contribution in [0.4, 0.5) is 10.2 Å². The van der Waals surface area contributed by atoms with Crippen molar-refractivity contribution in [2.75, 3.05) is 32.0 Å². The van der Waals surface area contributed by atoms with E-state index in [1.54, 1.807) is 30.5 Å². The molecule has 0 radical (unpaired) electrons. The quantitative estimate of drug-likeness (QED) is 0.263. The Morgan fingerprint density at radius 1 is 0.977 bits per heavy atom. The van der Waals surface area contributed by atoms with Gasteiger partial charge in [-0.2, -0.15) is 0 Å². The molecule has 7 rings (SSSR count). The highest BCUT2D eigenvalue weighted by molar-refractivity contribution is 5.83. The molecule has 44 heavy (non-hydrogen) atoms. The van der Waals surface area contributed by atoms with Crippen molar-refractivity contribution < 1.29 is 14.2 Å². The highest BCUT2D eigenvalue weighted by atomic mass is 19.1. The zero-order valence-corrected chi connectivity index (χ0v) is 24.4. The molecule has 2 aliphatic rings. The van der Waals surface area contributed by atoms with Crippen LogP contribution in [-0.2, 0) is 24.3 Å². The van der Waals surface area contributed by atoms with Crippen molar-refractivity contribution in [2.24, 2.45) is 0 Å². The van der Waals surface area contributed by atoms with Crippen molar-refractivity contribution >= 4 is 16.6 Å². The van der Waals surface area contributed by atoms with Crippen molar-refractivity contribution in [3.63, 3.8) is 0 Å². The number of morpholine rings is 1. The minimum Gasteiger partial charge on any atom is -0.392 e. The van der Waals surface area contributed by atoms with E-state index in [0.29, 0.717) is 51.9 Å². The summed E-state index contributed by atoms with van der Waals surface area (Å²) in [6, 6.07) is 20.6. The lowest BCUT2D eigenvalue weighted by Crippen LogP contribution is -2.35. The van der Waals surface area contributed by atoms with Gasteiger partial charge >= 0.3 is 0 Å². The predicted octanol–water partition coefficient (Wildman–Crippen LogP) is 4.96. The summed E-state index contributed by atoms with van der Waals surface area (Å²) in [7, 11) is 0. The number of hydrogen-bond donors (Lipinski definition) is 2. The van der Waals surface area contributed by atoms with Gasteiger partial charge in [0.25, 0.3) is 5.56 Å². The molecule has 1 aliphatic carbocycles. The number of ether oxygens (including phenoxy) is 1. The van der Waals surface area contributed by atoms with Crippen LogP contribution in [0.1, 0.15) is 46.8 Å². The molecule has 3 N–H and O–H groups in total. The summed E-state index contributed by atoms with van der Waals surface area (Å²) in [5.74, 6) is 0.706. The molecular weight excluding hydrogens is 557 g/mol. The fourth-order valence-corrected chi connectivity index (χ4v) is 6.10. The molecule has 9 heteroatoms. The van der Waals surface area contributed by atoms with E-state index in [-0.39, 0.29) is 12.0 Å². The first-order valence-electron chi connectivity index (χ1n) is 15.1. The minimum absolute atomic E-state index is 0.0377. The molecule has 1 saturated carbocycles. The summed E-state index contributed by atoms with van der Waals surface area (Å²) >= 11 is 0. The number of nitrogen functional groups attached to an aromatic ring is 1. The van der Waals surface area contributed by atoms with E-state index in [4.69, 9.17) is 15.5 Å². The molecule has 0 bridgehead atoms. The predicted molar refractivity (Wildman–Crippen MR) is 168 cm³/mol. The number of nitrogens with two attached hydrogens (primary N) is 1. The van der Waals surface area contributed by atoms with Gasteiger partial charge < -0.3 is 15.6 Å². The smallest absolute Gasteiger partial charge is 0.265 e. The molecule has 0 amide bonds. The van der Waals surface area contributed by atoms with Gasteiger partial charge in [0.2, 0.25) is 0 Å². The first kappa shape index (κ1) is 28.3. The molecule has 2 aromatic heterocycles. The summed E-state index contributed by atoms with van der Waals surface area (Å²) in [5, 5.41) is 11.1. The van der Waals surface area contributed by atoms with Gasteiger partial charge in [-0.25, -0.2) is 14.4 Å². The molecule has 1 saturated heterocycles. The average Bonchev–Trinajstić information content (AvgIpc) is 3.88. The molecule has 0 spiro atoms. The number of anilines is 1. The number of rotatable bonds is 8. The van der Waals surface area contributed by atoms with Gasteiger partial charge in [-0.05, 0) is 59.0 Å². The van der Waals surface area contributed by atoms with E-state index in [1.807, 2.05) is 12.1 Å². The second-order valence-corrected chi connectivity index (χ2v) is 11.7. The molecule has 0 atom stereocenters. The van der Waals surface area contributed by atoms with Crippen LogP contribution < -0.4 is 11.3 Å². The Bertz CT molecular complexity index is 1900. The number of halogens is 1. The number of aromatic nitrogens is 3. The Morgan fingerprint density at radius 3 is 2.50 bits per heavy atom. The van der Waals surface area contributed by atoms with Crippen LogP contribution >= 0.6 is 0 Å². The number of fused-ring (bicyclic) bond motifs is 1. The van der Waals surface area contributed by atoms with E-state index in [9.17, 15) is 9.90 Å². The molecule has 8 nitrogen and oxygen atoms in total. The Hall–Kier alpha value is -4.44. The second kappa shape index (κ2) is 11.9. The third-order valence-corrected chi connectivity index (χ3v) is 8.56. The van der Waals surface area contributed by atoms with Crippen molar-refractivity contribution in [1.82, 2.24) is 19.4 Å². The Morgan fingerprint density at radius 2 is 1.75 bits per heavy atom. The van der Waals surface area contributed by atoms with Crippen LogP contribution in [0.25, 0.3) is 27.7 Å². The topological polar surface area (TPSA) is 106 Å². The van der Waals surface area contributed by atoms with Crippen molar-refractivity contribution in [3.05, 3.63) is 117 Å². The van der Waals surface area contributed by atoms with Gasteiger partial charge in [0, 0.05) is 49.4 Å². The van der Waals surface area contributed by atoms with Crippen LogP contribution in [0.5, 0.6) is 0 Å². The Labute approximate surface area is 254 Å². The maximum Gasteiger partial charge on any atom is 0.265 e. The highest BCUT2D eigenvalue weighted by Gasteiger charge is 2.25. The molecule has 3 aromatic carbocycles. The Kier molecular flexibility index (Phi) is 7.68. The summed E-state index contributed by atoms with van der Waals surface area (Å²) in [6.07, 6.45) is 4.22. The van der Waals surface area contributed by atoms with E-state index >= 15 is 4.39 Å². The number of benzene rings is 3. The molecule has 2 fully saturated rings. The fourth-order valence-electron chi connectivity index (χ4n) is 6.10. The van der Waals surface area contributed by atoms with Crippen molar-refractivity contribution in [1.29, 1.82) is 0 Å². The van der Waals surface area contributed by atoms with E-state index in [2.05, 4.69) is 34.1 Å². The molecule has 3 heterocycles. The van der Waals surface area contributed by atoms with Crippen LogP contribution in [0.15, 0.2) is 77.7 Å². The summed E-state index contributed by atoms with van der Waals surface area (Å²) in [5.41, 5.74) is 11.1. The zero-order chi connectivity index (χ0) is 30.2. The van der Waals surface area contributed by atoms with E-state index < -0.39 is 11.4 Å². The fraction of sp³-hybridized carbons (Fsp3) is 0.286. The molecule has 224 valence electrons. The maximum absolute atomic E-state index is 15.2. The molecule has 1 aliphatic heterocycles. The van der Waals surface area contributed by atoms with Crippen LogP contribution in [0.3, 0.4) is 0 Å². The summed E-state index contributed by atoms with van der Waals surface area (Å²) in [6.45, 7) is 3.94. The standard InChI is InChI=1S/C35H34FN5O3/c36-29-18-26(24-8-9-24)17-25-10-11-41(35(43)34(25)29)31-3-1-2-27(28(31)21-42)30-19-32(37)39-33(38-30)16-22-4-6-23(7-5-22)20-40-12-14-44-15-13-40/h1-7,10-11,17-19,24,42H,8-9,12-16,20-21H2,(H2,37,38,39). The number of hydrogen-bond acceptors (Lipinski definition) is 7. The lowest BCUT2D eigenvalue weighted by atomic mass is 10.0. The normalized spacial score (nSPS) is 15.6. The maximum atomic E-state index is 15.2. The van der Waals surface area contributed by atoms with E-state index in [0.717, 1.165) is 56.8 Å². The molecular formula is C35H34FN5O3. The lowest BCUT2D eigenvalue weighted by molar-refractivity contribution is 0.0342. The monoisotopic (exact) mass is 591 g/mol. The largest absolute Gasteiger partial charge is 0.392 e. The summed E-state index contributed by atoms with van der Waals surface area (Å²) in [4.78, 5) is 25.3. The van der Waals surface area contributed by atoms with Crippen LogP contribution in [0, 0.1) is 5.82 Å². The average molecular weight is 592 g/mol. The van der Waals surface area contributed by atoms with Crippen molar-refractivity contribution in [3.8, 4) is 16.9 Å². The van der Waals surface area contributed by atoms with Crippen molar-refractivity contribution in [2.45, 2.75) is 38.3 Å². The van der Waals surface area contributed by atoms with Gasteiger partial charge in [-0.1, -0.05) is 42.5 Å². The van der Waals surface area contributed by atoms with Crippen LogP contribution in [0.2, 0.25) is 0 Å². The highest BCUT2D eigenvalue weighted by Crippen LogP contribution is 2.41. The van der Waals surface area contributed by atoms with Gasteiger partial charge in [0.05, 0.1) is 36.6 Å². The van der Waals surface area contributed by atoms with E-state index in [1.165, 1.54) is 16.2 Å². The lowest BCUT2D eigenvalue weighted by Gasteiger charge is -2.26. The first-order valence-corrected chi connectivity index (χ1v) is 15.1. The number of aliphatic hydroxyl groups excluding tert-OH is 1.